The highest BCUT2D eigenvalue weighted by atomic mass is 35.5. The summed E-state index contributed by atoms with van der Waals surface area (Å²) in [5, 5.41) is 12.2. The fraction of sp³-hybridized carbons (Fsp3) is 0.471. The minimum absolute atomic E-state index is 0.0878. The lowest BCUT2D eigenvalue weighted by atomic mass is 10.0. The number of nitrogens with one attached hydrogen (secondary N) is 1. The van der Waals surface area contributed by atoms with E-state index in [1.165, 1.54) is 0 Å². The second-order valence-electron chi connectivity index (χ2n) is 6.17. The first kappa shape index (κ1) is 16.7. The topological polar surface area (TPSA) is 76.4 Å². The monoisotopic (exact) mass is 346 g/mol. The summed E-state index contributed by atoms with van der Waals surface area (Å²) in [5.41, 5.74) is 0.614. The summed E-state index contributed by atoms with van der Waals surface area (Å²) in [7, 11) is 0. The number of benzene rings is 1. The Labute approximate surface area is 146 Å². The summed E-state index contributed by atoms with van der Waals surface area (Å²) in [4.78, 5) is 26.7. The fourth-order valence-electron chi connectivity index (χ4n) is 3.32. The molecule has 6 nitrogen and oxygen atoms in total. The molecule has 2 amide bonds. The zero-order chi connectivity index (χ0) is 17.1. The number of nitrogens with zero attached hydrogens (tertiary/aromatic N) is 3. The predicted molar refractivity (Wildman–Crippen MR) is 90.0 cm³/mol. The molecule has 2 aliphatic rings. The molecular formula is C17H19ClN4O2. The van der Waals surface area contributed by atoms with Gasteiger partial charge in [-0.15, -0.1) is 0 Å². The van der Waals surface area contributed by atoms with Crippen molar-refractivity contribution in [2.24, 2.45) is 5.92 Å². The molecule has 3 rings (SSSR count). The van der Waals surface area contributed by atoms with Gasteiger partial charge in [-0.1, -0.05) is 18.2 Å². The maximum absolute atomic E-state index is 12.6. The van der Waals surface area contributed by atoms with Gasteiger partial charge >= 0.3 is 0 Å². The van der Waals surface area contributed by atoms with E-state index < -0.39 is 6.04 Å². The zero-order valence-electron chi connectivity index (χ0n) is 13.2. The zero-order valence-corrected chi connectivity index (χ0v) is 13.9. The van der Waals surface area contributed by atoms with Gasteiger partial charge in [0, 0.05) is 24.9 Å². The smallest absolute Gasteiger partial charge is 0.246 e. The molecule has 2 saturated heterocycles. The quantitative estimate of drug-likeness (QED) is 0.845. The van der Waals surface area contributed by atoms with Crippen molar-refractivity contribution >= 4 is 29.3 Å². The molecule has 7 heteroatoms. The predicted octanol–water partition coefficient (Wildman–Crippen LogP) is 1.67. The third kappa shape index (κ3) is 3.23. The molecule has 0 saturated carbocycles. The summed E-state index contributed by atoms with van der Waals surface area (Å²) in [6, 6.07) is 10.4. The lowest BCUT2D eigenvalue weighted by molar-refractivity contribution is -0.133. The van der Waals surface area contributed by atoms with E-state index in [2.05, 4.69) is 11.4 Å². The van der Waals surface area contributed by atoms with Gasteiger partial charge in [0.2, 0.25) is 11.8 Å². The van der Waals surface area contributed by atoms with Gasteiger partial charge in [-0.05, 0) is 31.4 Å². The van der Waals surface area contributed by atoms with Crippen LogP contribution in [0, 0.1) is 17.2 Å². The fourth-order valence-corrected chi connectivity index (χ4v) is 3.57. The highest BCUT2D eigenvalue weighted by Gasteiger charge is 2.40. The lowest BCUT2D eigenvalue weighted by Gasteiger charge is -2.23. The Morgan fingerprint density at radius 2 is 2.08 bits per heavy atom. The molecule has 0 bridgehead atoms. The van der Waals surface area contributed by atoms with E-state index in [-0.39, 0.29) is 23.8 Å². The normalized spacial score (nSPS) is 26.2. The Kier molecular flexibility index (Phi) is 5.03. The highest BCUT2D eigenvalue weighted by molar-refractivity contribution is 6.36. The Bertz CT molecular complexity index is 660. The number of rotatable bonds is 3. The first-order chi connectivity index (χ1) is 11.6. The first-order valence-corrected chi connectivity index (χ1v) is 8.44. The SMILES string of the molecule is N#C[C@@H]1CCCN1C(=O)C1CC(C(=O)N(Cl)c2ccccc2)CN1. The van der Waals surface area contributed by atoms with Crippen LogP contribution in [0.1, 0.15) is 19.3 Å². The van der Waals surface area contributed by atoms with E-state index in [9.17, 15) is 9.59 Å². The van der Waals surface area contributed by atoms with Gasteiger partial charge in [-0.3, -0.25) is 9.59 Å². The Hall–Kier alpha value is -2.10. The number of hydrogen-bond donors (Lipinski definition) is 1. The van der Waals surface area contributed by atoms with Crippen molar-refractivity contribution in [2.75, 3.05) is 17.5 Å². The summed E-state index contributed by atoms with van der Waals surface area (Å²) in [6.45, 7) is 1.02. The number of carbonyl (C=O) groups excluding carboxylic acids is 2. The molecule has 24 heavy (non-hydrogen) atoms. The van der Waals surface area contributed by atoms with Crippen LogP contribution in [0.15, 0.2) is 30.3 Å². The molecule has 0 radical (unpaired) electrons. The molecule has 2 fully saturated rings. The van der Waals surface area contributed by atoms with Crippen molar-refractivity contribution in [3.8, 4) is 6.07 Å². The summed E-state index contributed by atoms with van der Waals surface area (Å²) in [5.74, 6) is -0.654. The van der Waals surface area contributed by atoms with Crippen LogP contribution < -0.4 is 9.74 Å². The van der Waals surface area contributed by atoms with Crippen LogP contribution in [-0.2, 0) is 9.59 Å². The molecular weight excluding hydrogens is 328 g/mol. The van der Waals surface area contributed by atoms with Crippen molar-refractivity contribution < 1.29 is 9.59 Å². The highest BCUT2D eigenvalue weighted by Crippen LogP contribution is 2.26. The van der Waals surface area contributed by atoms with Crippen molar-refractivity contribution in [1.82, 2.24) is 10.2 Å². The third-order valence-electron chi connectivity index (χ3n) is 4.64. The maximum atomic E-state index is 12.6. The number of carbonyl (C=O) groups is 2. The molecule has 2 aliphatic heterocycles. The van der Waals surface area contributed by atoms with Crippen LogP contribution in [-0.4, -0.2) is 41.9 Å². The molecule has 1 aromatic carbocycles. The van der Waals surface area contributed by atoms with Gasteiger partial charge in [-0.25, -0.2) is 4.42 Å². The Balaban J connectivity index is 1.62. The number of halogens is 1. The molecule has 1 N–H and O–H groups in total. The van der Waals surface area contributed by atoms with Crippen LogP contribution in [0.4, 0.5) is 5.69 Å². The van der Waals surface area contributed by atoms with E-state index in [4.69, 9.17) is 17.0 Å². The van der Waals surface area contributed by atoms with Crippen molar-refractivity contribution in [3.63, 3.8) is 0 Å². The van der Waals surface area contributed by atoms with E-state index in [0.29, 0.717) is 25.2 Å². The summed E-state index contributed by atoms with van der Waals surface area (Å²) < 4.78 is 1.12. The summed E-state index contributed by atoms with van der Waals surface area (Å²) in [6.07, 6.45) is 1.98. The number of hydrogen-bond acceptors (Lipinski definition) is 4. The van der Waals surface area contributed by atoms with Gasteiger partial charge in [0.25, 0.3) is 0 Å². The van der Waals surface area contributed by atoms with E-state index in [1.807, 2.05) is 18.2 Å². The van der Waals surface area contributed by atoms with Crippen LogP contribution in [0.25, 0.3) is 0 Å². The van der Waals surface area contributed by atoms with Gasteiger partial charge in [0.05, 0.1) is 23.7 Å². The minimum Gasteiger partial charge on any atom is -0.325 e. The molecule has 0 aromatic heterocycles. The molecule has 0 aliphatic carbocycles. The standard InChI is InChI=1S/C17H19ClN4O2/c18-22(13-5-2-1-3-6-13)16(23)12-9-15(20-11-12)17(24)21-8-4-7-14(21)10-19/h1-3,5-6,12,14-15,20H,4,7-9,11H2/t12?,14-,15?/m0/s1. The molecule has 0 spiro atoms. The van der Waals surface area contributed by atoms with Gasteiger partial charge in [0.15, 0.2) is 0 Å². The number of nitriles is 1. The minimum atomic E-state index is -0.422. The first-order valence-electron chi connectivity index (χ1n) is 8.10. The molecule has 2 unspecified atom stereocenters. The van der Waals surface area contributed by atoms with Crippen LogP contribution in [0.5, 0.6) is 0 Å². The average molecular weight is 347 g/mol. The van der Waals surface area contributed by atoms with Crippen molar-refractivity contribution in [2.45, 2.75) is 31.3 Å². The van der Waals surface area contributed by atoms with Gasteiger partial charge in [-0.2, -0.15) is 5.26 Å². The average Bonchev–Trinajstić information content (AvgIpc) is 3.29. The third-order valence-corrected chi connectivity index (χ3v) is 5.00. The molecule has 126 valence electrons. The van der Waals surface area contributed by atoms with E-state index in [1.54, 1.807) is 17.0 Å². The maximum Gasteiger partial charge on any atom is 0.246 e. The lowest BCUT2D eigenvalue weighted by Crippen LogP contribution is -2.45. The largest absolute Gasteiger partial charge is 0.325 e. The Morgan fingerprint density at radius 1 is 1.33 bits per heavy atom. The van der Waals surface area contributed by atoms with Crippen molar-refractivity contribution in [1.29, 1.82) is 5.26 Å². The second-order valence-corrected chi connectivity index (χ2v) is 6.50. The van der Waals surface area contributed by atoms with Crippen molar-refractivity contribution in [3.05, 3.63) is 30.3 Å². The van der Waals surface area contributed by atoms with E-state index in [0.717, 1.165) is 17.3 Å². The van der Waals surface area contributed by atoms with Gasteiger partial charge < -0.3 is 10.2 Å². The number of likely N-dealkylation sites (tertiary alicyclic amines) is 1. The van der Waals surface area contributed by atoms with E-state index >= 15 is 0 Å². The molecule has 3 atom stereocenters. The summed E-state index contributed by atoms with van der Waals surface area (Å²) >= 11 is 6.15. The number of anilines is 1. The number of para-hydroxylation sites is 1. The van der Waals surface area contributed by atoms with Crippen LogP contribution in [0.2, 0.25) is 0 Å². The molecule has 2 heterocycles. The second kappa shape index (κ2) is 7.20. The number of amides is 2. The Morgan fingerprint density at radius 3 is 2.79 bits per heavy atom. The van der Waals surface area contributed by atoms with Crippen LogP contribution >= 0.6 is 11.8 Å². The van der Waals surface area contributed by atoms with Gasteiger partial charge in [0.1, 0.15) is 6.04 Å². The van der Waals surface area contributed by atoms with Crippen LogP contribution in [0.3, 0.4) is 0 Å². The molecule has 1 aromatic rings.